The van der Waals surface area contributed by atoms with Gasteiger partial charge in [-0.15, -0.1) is 0 Å². The number of anilines is 2. The first-order chi connectivity index (χ1) is 14.1. The molecule has 0 aliphatic heterocycles. The molecule has 1 amide bonds. The van der Waals surface area contributed by atoms with Gasteiger partial charge in [0.05, 0.1) is 10.6 Å². The van der Waals surface area contributed by atoms with Gasteiger partial charge in [0.2, 0.25) is 0 Å². The summed E-state index contributed by atoms with van der Waals surface area (Å²) in [5.41, 5.74) is 4.43. The molecule has 1 N–H and O–H groups in total. The van der Waals surface area contributed by atoms with E-state index in [4.69, 9.17) is 11.6 Å². The van der Waals surface area contributed by atoms with Crippen LogP contribution in [0.1, 0.15) is 27.0 Å². The van der Waals surface area contributed by atoms with Gasteiger partial charge in [-0.1, -0.05) is 23.7 Å². The van der Waals surface area contributed by atoms with Crippen molar-refractivity contribution in [3.63, 3.8) is 0 Å². The van der Waals surface area contributed by atoms with E-state index < -0.39 is 10.0 Å². The van der Waals surface area contributed by atoms with E-state index in [1.165, 1.54) is 35.6 Å². The summed E-state index contributed by atoms with van der Waals surface area (Å²) in [5, 5.41) is 3.32. The number of halogens is 1. The number of benzene rings is 3. The molecule has 0 spiro atoms. The minimum absolute atomic E-state index is 0.124. The molecule has 5 nitrogen and oxygen atoms in total. The summed E-state index contributed by atoms with van der Waals surface area (Å²) in [6, 6.07) is 16.7. The van der Waals surface area contributed by atoms with E-state index in [0.717, 1.165) is 16.7 Å². The zero-order valence-electron chi connectivity index (χ0n) is 17.2. The van der Waals surface area contributed by atoms with Crippen molar-refractivity contribution in [2.24, 2.45) is 0 Å². The lowest BCUT2D eigenvalue weighted by Crippen LogP contribution is -2.27. The highest BCUT2D eigenvalue weighted by Gasteiger charge is 2.23. The summed E-state index contributed by atoms with van der Waals surface area (Å²) >= 11 is 5.87. The molecule has 0 aliphatic carbocycles. The molecule has 0 aliphatic rings. The Morgan fingerprint density at radius 1 is 0.867 bits per heavy atom. The van der Waals surface area contributed by atoms with Crippen LogP contribution in [0.3, 0.4) is 0 Å². The number of rotatable bonds is 5. The largest absolute Gasteiger partial charge is 0.322 e. The molecule has 0 bridgehead atoms. The molecule has 0 heterocycles. The minimum atomic E-state index is -3.80. The number of hydrogen-bond acceptors (Lipinski definition) is 3. The molecular formula is C23H23ClN2O3S. The Bertz CT molecular complexity index is 1210. The lowest BCUT2D eigenvalue weighted by atomic mass is 10.1. The second kappa shape index (κ2) is 8.50. The fourth-order valence-corrected chi connectivity index (χ4v) is 4.38. The Hall–Kier alpha value is -2.83. The maximum atomic E-state index is 13.0. The molecule has 0 atom stereocenters. The molecule has 0 saturated heterocycles. The van der Waals surface area contributed by atoms with E-state index in [1.54, 1.807) is 25.1 Å². The molecule has 3 aromatic carbocycles. The highest BCUT2D eigenvalue weighted by atomic mass is 35.5. The Morgan fingerprint density at radius 3 is 2.13 bits per heavy atom. The number of sulfonamides is 1. The van der Waals surface area contributed by atoms with Crippen molar-refractivity contribution in [3.05, 3.63) is 87.9 Å². The third-order valence-electron chi connectivity index (χ3n) is 5.05. The van der Waals surface area contributed by atoms with Crippen LogP contribution >= 0.6 is 11.6 Å². The lowest BCUT2D eigenvalue weighted by Gasteiger charge is -2.22. The van der Waals surface area contributed by atoms with Crippen LogP contribution in [0, 0.1) is 20.8 Å². The van der Waals surface area contributed by atoms with Crippen LogP contribution in [-0.4, -0.2) is 21.4 Å². The molecule has 0 fully saturated rings. The Morgan fingerprint density at radius 2 is 1.50 bits per heavy atom. The number of carbonyl (C=O) groups excluding carboxylic acids is 1. The summed E-state index contributed by atoms with van der Waals surface area (Å²) < 4.78 is 27.2. The smallest absolute Gasteiger partial charge is 0.264 e. The Kier molecular flexibility index (Phi) is 6.19. The average molecular weight is 443 g/mol. The van der Waals surface area contributed by atoms with Gasteiger partial charge in [-0.2, -0.15) is 0 Å². The number of amides is 1. The van der Waals surface area contributed by atoms with Crippen molar-refractivity contribution in [1.29, 1.82) is 0 Å². The topological polar surface area (TPSA) is 66.5 Å². The summed E-state index contributed by atoms with van der Waals surface area (Å²) in [6.07, 6.45) is 0. The van der Waals surface area contributed by atoms with Crippen LogP contribution in [0.2, 0.25) is 5.02 Å². The van der Waals surface area contributed by atoms with Crippen molar-refractivity contribution >= 4 is 38.9 Å². The highest BCUT2D eigenvalue weighted by molar-refractivity contribution is 7.92. The highest BCUT2D eigenvalue weighted by Crippen LogP contribution is 2.27. The third-order valence-corrected chi connectivity index (χ3v) is 7.09. The van der Waals surface area contributed by atoms with E-state index in [-0.39, 0.29) is 10.8 Å². The molecule has 0 radical (unpaired) electrons. The molecule has 0 aromatic heterocycles. The molecule has 30 heavy (non-hydrogen) atoms. The molecule has 3 rings (SSSR count). The quantitative estimate of drug-likeness (QED) is 0.579. The van der Waals surface area contributed by atoms with Crippen LogP contribution in [-0.2, 0) is 10.0 Å². The predicted molar refractivity (Wildman–Crippen MR) is 122 cm³/mol. The molecule has 0 saturated carbocycles. The van der Waals surface area contributed by atoms with E-state index in [1.807, 2.05) is 32.0 Å². The second-order valence-corrected chi connectivity index (χ2v) is 9.59. The van der Waals surface area contributed by atoms with Gasteiger partial charge in [-0.25, -0.2) is 8.42 Å². The third kappa shape index (κ3) is 4.50. The molecule has 0 unspecified atom stereocenters. The van der Waals surface area contributed by atoms with Crippen LogP contribution in [0.5, 0.6) is 0 Å². The van der Waals surface area contributed by atoms with Crippen molar-refractivity contribution in [3.8, 4) is 0 Å². The second-order valence-electron chi connectivity index (χ2n) is 7.18. The van der Waals surface area contributed by atoms with Gasteiger partial charge in [0.25, 0.3) is 15.9 Å². The Balaban J connectivity index is 1.91. The van der Waals surface area contributed by atoms with Gasteiger partial charge < -0.3 is 5.32 Å². The van der Waals surface area contributed by atoms with Crippen LogP contribution < -0.4 is 9.62 Å². The first-order valence-electron chi connectivity index (χ1n) is 9.33. The van der Waals surface area contributed by atoms with Crippen molar-refractivity contribution < 1.29 is 13.2 Å². The standard InChI is InChI=1S/C23H23ClN2O3S/c1-15-6-10-20(13-17(15)3)25-23(27)18-7-5-16(2)22(14-18)26(4)30(28,29)21-11-8-19(24)9-12-21/h5-14H,1-4H3,(H,25,27). The lowest BCUT2D eigenvalue weighted by molar-refractivity contribution is 0.102. The van der Waals surface area contributed by atoms with Gasteiger partial charge in [-0.05, 0) is 86.0 Å². The molecule has 156 valence electrons. The monoisotopic (exact) mass is 442 g/mol. The number of carbonyl (C=O) groups is 1. The maximum absolute atomic E-state index is 13.0. The fraction of sp³-hybridized carbons (Fsp3) is 0.174. The van der Waals surface area contributed by atoms with E-state index in [0.29, 0.717) is 22.0 Å². The number of hydrogen-bond donors (Lipinski definition) is 1. The first kappa shape index (κ1) is 21.9. The van der Waals surface area contributed by atoms with Crippen molar-refractivity contribution in [1.82, 2.24) is 0 Å². The number of aryl methyl sites for hydroxylation is 3. The van der Waals surface area contributed by atoms with Crippen LogP contribution in [0.15, 0.2) is 65.6 Å². The van der Waals surface area contributed by atoms with Crippen LogP contribution in [0.25, 0.3) is 0 Å². The van der Waals surface area contributed by atoms with Gasteiger partial charge in [0.1, 0.15) is 0 Å². The van der Waals surface area contributed by atoms with Gasteiger partial charge >= 0.3 is 0 Å². The molecular weight excluding hydrogens is 420 g/mol. The van der Waals surface area contributed by atoms with Gasteiger partial charge in [0, 0.05) is 23.3 Å². The fourth-order valence-electron chi connectivity index (χ4n) is 3.01. The first-order valence-corrected chi connectivity index (χ1v) is 11.1. The van der Waals surface area contributed by atoms with Gasteiger partial charge in [-0.3, -0.25) is 9.10 Å². The van der Waals surface area contributed by atoms with Crippen LogP contribution in [0.4, 0.5) is 11.4 Å². The molecule has 7 heteroatoms. The van der Waals surface area contributed by atoms with Gasteiger partial charge in [0.15, 0.2) is 0 Å². The number of nitrogens with zero attached hydrogens (tertiary/aromatic N) is 1. The zero-order valence-corrected chi connectivity index (χ0v) is 18.8. The summed E-state index contributed by atoms with van der Waals surface area (Å²) in [7, 11) is -2.33. The number of nitrogens with one attached hydrogen (secondary N) is 1. The van der Waals surface area contributed by atoms with E-state index in [2.05, 4.69) is 5.32 Å². The zero-order chi connectivity index (χ0) is 22.1. The van der Waals surface area contributed by atoms with Crippen molar-refractivity contribution in [2.75, 3.05) is 16.7 Å². The summed E-state index contributed by atoms with van der Waals surface area (Å²) in [4.78, 5) is 12.9. The van der Waals surface area contributed by atoms with E-state index >= 15 is 0 Å². The van der Waals surface area contributed by atoms with Crippen molar-refractivity contribution in [2.45, 2.75) is 25.7 Å². The predicted octanol–water partition coefficient (Wildman–Crippen LogP) is 5.34. The minimum Gasteiger partial charge on any atom is -0.322 e. The normalized spacial score (nSPS) is 11.2. The SMILES string of the molecule is Cc1ccc(NC(=O)c2ccc(C)c(N(C)S(=O)(=O)c3ccc(Cl)cc3)c2)cc1C. The average Bonchev–Trinajstić information content (AvgIpc) is 2.71. The Labute approximate surface area is 182 Å². The summed E-state index contributed by atoms with van der Waals surface area (Å²) in [6.45, 7) is 5.78. The summed E-state index contributed by atoms with van der Waals surface area (Å²) in [5.74, 6) is -0.309. The maximum Gasteiger partial charge on any atom is 0.264 e. The molecule has 3 aromatic rings. The van der Waals surface area contributed by atoms with E-state index in [9.17, 15) is 13.2 Å².